The van der Waals surface area contributed by atoms with E-state index in [1.165, 1.54) is 20.3 Å². The molecule has 29 heavy (non-hydrogen) atoms. The third-order valence-corrected chi connectivity index (χ3v) is 4.99. The van der Waals surface area contributed by atoms with E-state index in [9.17, 15) is 9.59 Å². The van der Waals surface area contributed by atoms with Crippen molar-refractivity contribution in [1.82, 2.24) is 4.90 Å². The van der Waals surface area contributed by atoms with Crippen LogP contribution in [0.15, 0.2) is 42.5 Å². The van der Waals surface area contributed by atoms with Crippen molar-refractivity contribution >= 4 is 29.2 Å². The van der Waals surface area contributed by atoms with Gasteiger partial charge in [-0.2, -0.15) is 0 Å². The van der Waals surface area contributed by atoms with E-state index >= 15 is 0 Å². The molecule has 1 heterocycles. The summed E-state index contributed by atoms with van der Waals surface area (Å²) < 4.78 is 15.5. The van der Waals surface area contributed by atoms with Gasteiger partial charge in [-0.25, -0.2) is 4.79 Å². The Balaban J connectivity index is 1.50. The molecule has 1 aliphatic rings. The number of methoxy groups -OCH3 is 2. The Morgan fingerprint density at radius 3 is 2.34 bits per heavy atom. The fourth-order valence-electron chi connectivity index (χ4n) is 3.15. The second-order valence-electron chi connectivity index (χ2n) is 6.49. The van der Waals surface area contributed by atoms with Crippen molar-refractivity contribution in [2.45, 2.75) is 0 Å². The molecular weight excluding hydrogens is 396 g/mol. The molecule has 0 unspecified atom stereocenters. The van der Waals surface area contributed by atoms with Crippen LogP contribution in [0.2, 0.25) is 5.02 Å². The lowest BCUT2D eigenvalue weighted by Crippen LogP contribution is -2.49. The first kappa shape index (κ1) is 20.8. The number of carbonyl (C=O) groups is 2. The lowest BCUT2D eigenvalue weighted by atomic mass is 10.2. The molecule has 0 radical (unpaired) electrons. The summed E-state index contributed by atoms with van der Waals surface area (Å²) in [6.07, 6.45) is 0. The van der Waals surface area contributed by atoms with Crippen molar-refractivity contribution in [3.8, 4) is 11.5 Å². The number of ether oxygens (including phenoxy) is 3. The van der Waals surface area contributed by atoms with Gasteiger partial charge in [-0.3, -0.25) is 4.79 Å². The molecule has 1 amide bonds. The van der Waals surface area contributed by atoms with Crippen LogP contribution >= 0.6 is 11.6 Å². The Bertz CT molecular complexity index is 881. The van der Waals surface area contributed by atoms with Crippen molar-refractivity contribution in [2.24, 2.45) is 0 Å². The quantitative estimate of drug-likeness (QED) is 0.672. The smallest absolute Gasteiger partial charge is 0.338 e. The van der Waals surface area contributed by atoms with Gasteiger partial charge in [0, 0.05) is 36.9 Å². The molecule has 0 spiro atoms. The number of amides is 1. The molecule has 0 N–H and O–H groups in total. The number of hydrogen-bond acceptors (Lipinski definition) is 6. The average molecular weight is 419 g/mol. The molecule has 8 heteroatoms. The van der Waals surface area contributed by atoms with E-state index in [1.54, 1.807) is 17.0 Å². The van der Waals surface area contributed by atoms with Crippen molar-refractivity contribution in [3.05, 3.63) is 53.1 Å². The summed E-state index contributed by atoms with van der Waals surface area (Å²) in [7, 11) is 3.00. The third-order valence-electron chi connectivity index (χ3n) is 4.75. The number of halogens is 1. The van der Waals surface area contributed by atoms with Crippen LogP contribution in [0.5, 0.6) is 11.5 Å². The first-order valence-corrected chi connectivity index (χ1v) is 9.57. The van der Waals surface area contributed by atoms with E-state index in [4.69, 9.17) is 25.8 Å². The van der Waals surface area contributed by atoms with Crippen molar-refractivity contribution in [3.63, 3.8) is 0 Å². The zero-order valence-electron chi connectivity index (χ0n) is 16.4. The molecule has 0 atom stereocenters. The van der Waals surface area contributed by atoms with E-state index in [0.29, 0.717) is 48.3 Å². The summed E-state index contributed by atoms with van der Waals surface area (Å²) in [6.45, 7) is 2.19. The van der Waals surface area contributed by atoms with Crippen LogP contribution < -0.4 is 14.4 Å². The summed E-state index contributed by atoms with van der Waals surface area (Å²) in [5.41, 5.74) is 1.32. The van der Waals surface area contributed by atoms with Crippen LogP contribution in [-0.4, -0.2) is 63.8 Å². The molecule has 154 valence electrons. The average Bonchev–Trinajstić information content (AvgIpc) is 2.76. The Morgan fingerprint density at radius 2 is 1.69 bits per heavy atom. The summed E-state index contributed by atoms with van der Waals surface area (Å²) >= 11 is 6.05. The molecule has 7 nitrogen and oxygen atoms in total. The summed E-state index contributed by atoms with van der Waals surface area (Å²) in [5, 5.41) is 0.683. The standard InChI is InChI=1S/C21H23ClN2O5/c1-27-18-7-6-15(12-19(18)28-2)21(26)29-14-20(25)24-10-8-23(9-11-24)17-5-3-4-16(22)13-17/h3-7,12-13H,8-11,14H2,1-2H3. The Kier molecular flexibility index (Phi) is 6.82. The highest BCUT2D eigenvalue weighted by Gasteiger charge is 2.23. The predicted octanol–water partition coefficient (Wildman–Crippen LogP) is 2.86. The van der Waals surface area contributed by atoms with Crippen LogP contribution in [-0.2, 0) is 9.53 Å². The number of benzene rings is 2. The highest BCUT2D eigenvalue weighted by molar-refractivity contribution is 6.30. The van der Waals surface area contributed by atoms with Crippen molar-refractivity contribution in [2.75, 3.05) is 51.9 Å². The number of rotatable bonds is 6. The fourth-order valence-corrected chi connectivity index (χ4v) is 3.34. The topological polar surface area (TPSA) is 68.3 Å². The van der Waals surface area contributed by atoms with E-state index in [0.717, 1.165) is 5.69 Å². The lowest BCUT2D eigenvalue weighted by molar-refractivity contribution is -0.134. The SMILES string of the molecule is COc1ccc(C(=O)OCC(=O)N2CCN(c3cccc(Cl)c3)CC2)cc1OC. The fraction of sp³-hybridized carbons (Fsp3) is 0.333. The van der Waals surface area contributed by atoms with Gasteiger partial charge in [0.2, 0.25) is 0 Å². The summed E-state index contributed by atoms with van der Waals surface area (Å²) in [5.74, 6) is 0.129. The Hall–Kier alpha value is -2.93. The van der Waals surface area contributed by atoms with Gasteiger partial charge in [-0.15, -0.1) is 0 Å². The minimum absolute atomic E-state index is 0.218. The van der Waals surface area contributed by atoms with Gasteiger partial charge in [-0.1, -0.05) is 17.7 Å². The Morgan fingerprint density at radius 1 is 0.966 bits per heavy atom. The van der Waals surface area contributed by atoms with Gasteiger partial charge in [0.15, 0.2) is 18.1 Å². The summed E-state index contributed by atoms with van der Waals surface area (Å²) in [6, 6.07) is 12.3. The molecule has 2 aromatic rings. The van der Waals surface area contributed by atoms with Gasteiger partial charge in [-0.05, 0) is 36.4 Å². The first-order chi connectivity index (χ1) is 14.0. The monoisotopic (exact) mass is 418 g/mol. The predicted molar refractivity (Wildman–Crippen MR) is 110 cm³/mol. The zero-order valence-corrected chi connectivity index (χ0v) is 17.1. The highest BCUT2D eigenvalue weighted by atomic mass is 35.5. The first-order valence-electron chi connectivity index (χ1n) is 9.19. The lowest BCUT2D eigenvalue weighted by Gasteiger charge is -2.36. The second kappa shape index (κ2) is 9.52. The number of hydrogen-bond donors (Lipinski definition) is 0. The second-order valence-corrected chi connectivity index (χ2v) is 6.93. The van der Waals surface area contributed by atoms with Gasteiger partial charge in [0.25, 0.3) is 5.91 Å². The molecule has 1 fully saturated rings. The third kappa shape index (κ3) is 5.12. The number of esters is 1. The number of carbonyl (C=O) groups excluding carboxylic acids is 2. The minimum atomic E-state index is -0.586. The van der Waals surface area contributed by atoms with Crippen LogP contribution in [0.1, 0.15) is 10.4 Å². The number of piperazine rings is 1. The molecule has 0 aliphatic carbocycles. The number of nitrogens with zero attached hydrogens (tertiary/aromatic N) is 2. The summed E-state index contributed by atoms with van der Waals surface area (Å²) in [4.78, 5) is 28.5. The van der Waals surface area contributed by atoms with Crippen LogP contribution in [0.25, 0.3) is 0 Å². The van der Waals surface area contributed by atoms with E-state index < -0.39 is 5.97 Å². The molecule has 1 aliphatic heterocycles. The normalized spacial score (nSPS) is 13.8. The maximum Gasteiger partial charge on any atom is 0.338 e. The van der Waals surface area contributed by atoms with Crippen molar-refractivity contribution < 1.29 is 23.8 Å². The maximum absolute atomic E-state index is 12.4. The van der Waals surface area contributed by atoms with Crippen LogP contribution in [0.4, 0.5) is 5.69 Å². The highest BCUT2D eigenvalue weighted by Crippen LogP contribution is 2.27. The van der Waals surface area contributed by atoms with Crippen LogP contribution in [0, 0.1) is 0 Å². The zero-order chi connectivity index (χ0) is 20.8. The molecule has 1 saturated heterocycles. The maximum atomic E-state index is 12.4. The largest absolute Gasteiger partial charge is 0.493 e. The molecule has 0 aromatic heterocycles. The molecule has 0 bridgehead atoms. The Labute approximate surface area is 174 Å². The van der Waals surface area contributed by atoms with Crippen molar-refractivity contribution in [1.29, 1.82) is 0 Å². The number of anilines is 1. The molecule has 2 aromatic carbocycles. The molecule has 3 rings (SSSR count). The van der Waals surface area contributed by atoms with Gasteiger partial charge in [0.05, 0.1) is 19.8 Å². The molecular formula is C21H23ClN2O5. The van der Waals surface area contributed by atoms with Crippen LogP contribution in [0.3, 0.4) is 0 Å². The van der Waals surface area contributed by atoms with E-state index in [2.05, 4.69) is 4.90 Å². The van der Waals surface area contributed by atoms with E-state index in [-0.39, 0.29) is 12.5 Å². The minimum Gasteiger partial charge on any atom is -0.493 e. The van der Waals surface area contributed by atoms with Gasteiger partial charge < -0.3 is 24.0 Å². The van der Waals surface area contributed by atoms with E-state index in [1.807, 2.05) is 24.3 Å². The molecule has 0 saturated carbocycles. The van der Waals surface area contributed by atoms with Gasteiger partial charge >= 0.3 is 5.97 Å². The van der Waals surface area contributed by atoms with Gasteiger partial charge in [0.1, 0.15) is 0 Å².